The fraction of sp³-hybridized carbons (Fsp3) is 0.250. The van der Waals surface area contributed by atoms with E-state index >= 15 is 0 Å². The second-order valence-electron chi connectivity index (χ2n) is 5.93. The van der Waals surface area contributed by atoms with E-state index in [0.29, 0.717) is 24.7 Å². The molecule has 1 aliphatic heterocycles. The third kappa shape index (κ3) is 4.46. The van der Waals surface area contributed by atoms with Gasteiger partial charge < -0.3 is 4.74 Å². The van der Waals surface area contributed by atoms with Gasteiger partial charge in [0.2, 0.25) is 0 Å². The highest BCUT2D eigenvalue weighted by Crippen LogP contribution is 2.28. The lowest BCUT2D eigenvalue weighted by Crippen LogP contribution is -2.37. The predicted molar refractivity (Wildman–Crippen MR) is 109 cm³/mol. The van der Waals surface area contributed by atoms with Gasteiger partial charge >= 0.3 is 5.97 Å². The fourth-order valence-electron chi connectivity index (χ4n) is 2.76. The van der Waals surface area contributed by atoms with Gasteiger partial charge in [0, 0.05) is 16.1 Å². The molecule has 2 aromatic rings. The van der Waals surface area contributed by atoms with E-state index in [-0.39, 0.29) is 5.71 Å². The van der Waals surface area contributed by atoms with Crippen molar-refractivity contribution in [2.24, 2.45) is 10.1 Å². The molecule has 7 heteroatoms. The van der Waals surface area contributed by atoms with Crippen molar-refractivity contribution in [3.05, 3.63) is 64.7 Å². The van der Waals surface area contributed by atoms with Crippen LogP contribution >= 0.6 is 11.6 Å². The molecule has 0 bridgehead atoms. The Hall–Kier alpha value is -2.86. The lowest BCUT2D eigenvalue weighted by atomic mass is 10.0. The van der Waals surface area contributed by atoms with E-state index < -0.39 is 5.97 Å². The Morgan fingerprint density at radius 1 is 1.30 bits per heavy atom. The van der Waals surface area contributed by atoms with Crippen molar-refractivity contribution >= 4 is 34.7 Å². The number of halogens is 1. The van der Waals surface area contributed by atoms with Crippen molar-refractivity contribution in [2.75, 3.05) is 24.7 Å². The zero-order chi connectivity index (χ0) is 19.2. The molecule has 2 aromatic carbocycles. The van der Waals surface area contributed by atoms with Crippen LogP contribution in [0.4, 0.5) is 5.69 Å². The van der Waals surface area contributed by atoms with Crippen LogP contribution in [-0.2, 0) is 9.53 Å². The Balaban J connectivity index is 1.93. The summed E-state index contributed by atoms with van der Waals surface area (Å²) in [6.45, 7) is 4.83. The maximum absolute atomic E-state index is 11.8. The largest absolute Gasteiger partial charge is 0.461 e. The third-order valence-corrected chi connectivity index (χ3v) is 4.29. The molecule has 0 aliphatic carbocycles. The topological polar surface area (TPSA) is 66.3 Å². The monoisotopic (exact) mass is 384 g/mol. The van der Waals surface area contributed by atoms with Gasteiger partial charge in [-0.15, -0.1) is 0 Å². The number of nitrogens with one attached hydrogen (secondary N) is 1. The Labute approximate surface area is 163 Å². The van der Waals surface area contributed by atoms with Crippen LogP contribution in [0.2, 0.25) is 5.02 Å². The highest BCUT2D eigenvalue weighted by atomic mass is 35.5. The van der Waals surface area contributed by atoms with E-state index in [1.165, 1.54) is 0 Å². The summed E-state index contributed by atoms with van der Waals surface area (Å²) in [7, 11) is 0. The molecule has 0 unspecified atom stereocenters. The summed E-state index contributed by atoms with van der Waals surface area (Å²) in [6.07, 6.45) is 0. The standard InChI is InChI=1S/C20H21ClN4O2/c1-3-27-20(26)14(2)23-24-25-12-11-22-19(15-7-5-4-6-8-15)17-13-16(21)9-10-18(17)25/h4-10,13,24H,3,11-12H2,1-2H3/b23-14-. The Morgan fingerprint density at radius 2 is 2.07 bits per heavy atom. The number of fused-ring (bicyclic) bond motifs is 1. The molecule has 27 heavy (non-hydrogen) atoms. The van der Waals surface area contributed by atoms with Crippen LogP contribution in [0.15, 0.2) is 58.6 Å². The van der Waals surface area contributed by atoms with Gasteiger partial charge in [0.15, 0.2) is 0 Å². The third-order valence-electron chi connectivity index (χ3n) is 4.05. The highest BCUT2D eigenvalue weighted by molar-refractivity contribution is 6.35. The molecule has 0 radical (unpaired) electrons. The number of benzene rings is 2. The van der Waals surface area contributed by atoms with Gasteiger partial charge in [0.25, 0.3) is 0 Å². The molecule has 0 amide bonds. The van der Waals surface area contributed by atoms with Crippen LogP contribution in [0, 0.1) is 0 Å². The number of esters is 1. The quantitative estimate of drug-likeness (QED) is 0.487. The van der Waals surface area contributed by atoms with Crippen molar-refractivity contribution in [3.63, 3.8) is 0 Å². The minimum Gasteiger partial charge on any atom is -0.461 e. The highest BCUT2D eigenvalue weighted by Gasteiger charge is 2.20. The van der Waals surface area contributed by atoms with Crippen molar-refractivity contribution in [1.82, 2.24) is 5.53 Å². The van der Waals surface area contributed by atoms with E-state index in [1.807, 2.05) is 53.5 Å². The van der Waals surface area contributed by atoms with Gasteiger partial charge in [-0.1, -0.05) is 41.9 Å². The minimum atomic E-state index is -0.447. The van der Waals surface area contributed by atoms with E-state index in [0.717, 1.165) is 22.5 Å². The summed E-state index contributed by atoms with van der Waals surface area (Å²) < 4.78 is 4.96. The fourth-order valence-corrected chi connectivity index (χ4v) is 2.94. The molecule has 140 valence electrons. The molecule has 6 nitrogen and oxygen atoms in total. The average Bonchev–Trinajstić information content (AvgIpc) is 2.86. The van der Waals surface area contributed by atoms with Crippen LogP contribution in [-0.4, -0.2) is 37.1 Å². The van der Waals surface area contributed by atoms with Crippen LogP contribution in [0.5, 0.6) is 0 Å². The summed E-state index contributed by atoms with van der Waals surface area (Å²) in [5, 5.41) is 6.65. The van der Waals surface area contributed by atoms with Crippen LogP contribution in [0.25, 0.3) is 0 Å². The number of benzodiazepines with no additional fused rings is 1. The van der Waals surface area contributed by atoms with Gasteiger partial charge in [0.05, 0.1) is 31.1 Å². The number of carbonyl (C=O) groups is 1. The van der Waals surface area contributed by atoms with Crippen LogP contribution < -0.4 is 10.5 Å². The molecule has 0 atom stereocenters. The Morgan fingerprint density at radius 3 is 2.81 bits per heavy atom. The molecule has 1 aliphatic rings. The van der Waals surface area contributed by atoms with Crippen molar-refractivity contribution in [3.8, 4) is 0 Å². The summed E-state index contributed by atoms with van der Waals surface area (Å²) in [5.74, 6) is -0.447. The summed E-state index contributed by atoms with van der Waals surface area (Å²) in [5.41, 5.74) is 6.90. The number of aliphatic imine (C=N–C) groups is 1. The first-order valence-corrected chi connectivity index (χ1v) is 9.12. The second kappa shape index (κ2) is 8.68. The second-order valence-corrected chi connectivity index (χ2v) is 6.36. The van der Waals surface area contributed by atoms with Crippen molar-refractivity contribution in [1.29, 1.82) is 0 Å². The number of nitrogens with zero attached hydrogens (tertiary/aromatic N) is 3. The molecule has 3 rings (SSSR count). The lowest BCUT2D eigenvalue weighted by molar-refractivity contribution is -0.135. The van der Waals surface area contributed by atoms with Gasteiger partial charge in [-0.2, -0.15) is 5.10 Å². The number of hydrogen-bond donors (Lipinski definition) is 1. The molecular weight excluding hydrogens is 364 g/mol. The number of anilines is 1. The maximum Gasteiger partial charge on any atom is 0.354 e. The number of hydrogen-bond acceptors (Lipinski definition) is 6. The first-order valence-electron chi connectivity index (χ1n) is 8.74. The number of carbonyl (C=O) groups excluding carboxylic acids is 1. The zero-order valence-electron chi connectivity index (χ0n) is 15.3. The molecule has 1 heterocycles. The molecular formula is C20H21ClN4O2. The van der Waals surface area contributed by atoms with Crippen LogP contribution in [0.1, 0.15) is 25.0 Å². The zero-order valence-corrected chi connectivity index (χ0v) is 16.0. The molecule has 0 aromatic heterocycles. The molecule has 0 saturated carbocycles. The van der Waals surface area contributed by atoms with E-state index in [4.69, 9.17) is 21.3 Å². The summed E-state index contributed by atoms with van der Waals surface area (Å²) in [4.78, 5) is 16.5. The molecule has 0 spiro atoms. The van der Waals surface area contributed by atoms with E-state index in [2.05, 4.69) is 10.6 Å². The first-order chi connectivity index (χ1) is 13.1. The Kier molecular flexibility index (Phi) is 6.08. The van der Waals surface area contributed by atoms with Gasteiger partial charge in [-0.05, 0) is 32.0 Å². The van der Waals surface area contributed by atoms with Gasteiger partial charge in [0.1, 0.15) is 5.71 Å². The first kappa shape index (κ1) is 18.9. The molecule has 1 N–H and O–H groups in total. The van der Waals surface area contributed by atoms with Gasteiger partial charge in [-0.3, -0.25) is 10.0 Å². The minimum absolute atomic E-state index is 0.251. The molecule has 0 saturated heterocycles. The molecule has 0 fully saturated rings. The van der Waals surface area contributed by atoms with Gasteiger partial charge in [-0.25, -0.2) is 10.3 Å². The lowest BCUT2D eigenvalue weighted by Gasteiger charge is -2.24. The van der Waals surface area contributed by atoms with Crippen molar-refractivity contribution < 1.29 is 9.53 Å². The number of ether oxygens (including phenoxy) is 1. The number of hydrazone groups is 1. The number of rotatable bonds is 5. The summed E-state index contributed by atoms with van der Waals surface area (Å²) >= 11 is 6.25. The predicted octanol–water partition coefficient (Wildman–Crippen LogP) is 3.44. The van der Waals surface area contributed by atoms with E-state index in [1.54, 1.807) is 13.8 Å². The van der Waals surface area contributed by atoms with Crippen molar-refractivity contribution in [2.45, 2.75) is 13.8 Å². The Bertz CT molecular complexity index is 881. The number of hydrazine groups is 1. The normalized spacial score (nSPS) is 14.1. The summed E-state index contributed by atoms with van der Waals surface area (Å²) in [6, 6.07) is 15.6. The average molecular weight is 385 g/mol. The SMILES string of the molecule is CCOC(=O)/C(C)=N\NN1CCN=C(c2ccccc2)c2cc(Cl)ccc21. The smallest absolute Gasteiger partial charge is 0.354 e. The van der Waals surface area contributed by atoms with E-state index in [9.17, 15) is 4.79 Å². The van der Waals surface area contributed by atoms with Crippen LogP contribution in [0.3, 0.4) is 0 Å². The maximum atomic E-state index is 11.8.